The number of ketones is 1. The SMILES string of the molecule is Cc1cc(C)c(C(=O)CNC(=O)C(C)C)c(C)c1. The minimum Gasteiger partial charge on any atom is -0.348 e. The maximum Gasteiger partial charge on any atom is 0.222 e. The highest BCUT2D eigenvalue weighted by atomic mass is 16.2. The van der Waals surface area contributed by atoms with Crippen molar-refractivity contribution in [3.8, 4) is 0 Å². The van der Waals surface area contributed by atoms with Crippen molar-refractivity contribution in [3.05, 3.63) is 34.4 Å². The Morgan fingerprint density at radius 3 is 2.06 bits per heavy atom. The van der Waals surface area contributed by atoms with Crippen LogP contribution in [0.2, 0.25) is 0 Å². The van der Waals surface area contributed by atoms with E-state index in [1.807, 2.05) is 46.8 Å². The maximum atomic E-state index is 12.1. The predicted octanol–water partition coefficient (Wildman–Crippen LogP) is 2.57. The minimum atomic E-state index is -0.0991. The van der Waals surface area contributed by atoms with Gasteiger partial charge in [-0.15, -0.1) is 0 Å². The molecule has 1 amide bonds. The summed E-state index contributed by atoms with van der Waals surface area (Å²) < 4.78 is 0. The number of benzene rings is 1. The minimum absolute atomic E-state index is 0.0287. The van der Waals surface area contributed by atoms with Crippen LogP contribution >= 0.6 is 0 Å². The summed E-state index contributed by atoms with van der Waals surface area (Å²) in [6.45, 7) is 9.55. The van der Waals surface area contributed by atoms with Crippen molar-refractivity contribution in [2.75, 3.05) is 6.54 Å². The molecule has 18 heavy (non-hydrogen) atoms. The zero-order chi connectivity index (χ0) is 13.9. The molecule has 0 radical (unpaired) electrons. The molecular formula is C15H21NO2. The summed E-state index contributed by atoms with van der Waals surface area (Å²) in [7, 11) is 0. The van der Waals surface area contributed by atoms with E-state index in [1.165, 1.54) is 0 Å². The molecule has 0 fully saturated rings. The molecule has 1 rings (SSSR count). The third kappa shape index (κ3) is 3.42. The second-order valence-corrected chi connectivity index (χ2v) is 5.07. The van der Waals surface area contributed by atoms with E-state index in [4.69, 9.17) is 0 Å². The number of carbonyl (C=O) groups excluding carboxylic acids is 2. The fraction of sp³-hybridized carbons (Fsp3) is 0.467. The molecule has 0 spiro atoms. The predicted molar refractivity (Wildman–Crippen MR) is 72.8 cm³/mol. The molecule has 0 bridgehead atoms. The van der Waals surface area contributed by atoms with Gasteiger partial charge in [0, 0.05) is 11.5 Å². The summed E-state index contributed by atoms with van der Waals surface area (Å²) in [6.07, 6.45) is 0. The molecule has 1 aromatic carbocycles. The molecule has 1 N–H and O–H groups in total. The molecule has 0 saturated carbocycles. The van der Waals surface area contributed by atoms with Crippen molar-refractivity contribution in [1.29, 1.82) is 0 Å². The molecule has 1 aromatic rings. The first-order chi connectivity index (χ1) is 8.32. The molecule has 0 aliphatic carbocycles. The lowest BCUT2D eigenvalue weighted by molar-refractivity contribution is -0.123. The summed E-state index contributed by atoms with van der Waals surface area (Å²) in [6, 6.07) is 3.98. The average Bonchev–Trinajstić information content (AvgIpc) is 2.24. The Hall–Kier alpha value is -1.64. The van der Waals surface area contributed by atoms with Crippen molar-refractivity contribution in [3.63, 3.8) is 0 Å². The van der Waals surface area contributed by atoms with Crippen molar-refractivity contribution >= 4 is 11.7 Å². The third-order valence-electron chi connectivity index (χ3n) is 2.90. The second-order valence-electron chi connectivity index (χ2n) is 5.07. The monoisotopic (exact) mass is 247 g/mol. The number of rotatable bonds is 4. The summed E-state index contributed by atoms with van der Waals surface area (Å²) in [5.41, 5.74) is 3.81. The first kappa shape index (κ1) is 14.4. The lowest BCUT2D eigenvalue weighted by atomic mass is 9.96. The van der Waals surface area contributed by atoms with Gasteiger partial charge in [0.05, 0.1) is 6.54 Å². The zero-order valence-corrected chi connectivity index (χ0v) is 11.8. The summed E-state index contributed by atoms with van der Waals surface area (Å²) in [5.74, 6) is -0.220. The summed E-state index contributed by atoms with van der Waals surface area (Å²) in [4.78, 5) is 23.5. The van der Waals surface area contributed by atoms with Gasteiger partial charge in [-0.05, 0) is 31.9 Å². The smallest absolute Gasteiger partial charge is 0.222 e. The van der Waals surface area contributed by atoms with Gasteiger partial charge in [-0.1, -0.05) is 31.5 Å². The van der Waals surface area contributed by atoms with Gasteiger partial charge in [-0.3, -0.25) is 9.59 Å². The summed E-state index contributed by atoms with van der Waals surface area (Å²) in [5, 5.41) is 2.66. The van der Waals surface area contributed by atoms with Crippen LogP contribution in [0, 0.1) is 26.7 Å². The number of hydrogen-bond donors (Lipinski definition) is 1. The quantitative estimate of drug-likeness (QED) is 0.831. The Labute approximate surface area is 109 Å². The van der Waals surface area contributed by atoms with Crippen LogP contribution in [-0.2, 0) is 4.79 Å². The fourth-order valence-corrected chi connectivity index (χ4v) is 2.08. The van der Waals surface area contributed by atoms with Crippen LogP contribution in [0.4, 0.5) is 0 Å². The van der Waals surface area contributed by atoms with E-state index in [2.05, 4.69) is 5.32 Å². The highest BCUT2D eigenvalue weighted by Crippen LogP contribution is 2.16. The normalized spacial score (nSPS) is 10.6. The Morgan fingerprint density at radius 2 is 1.61 bits per heavy atom. The number of hydrogen-bond acceptors (Lipinski definition) is 2. The van der Waals surface area contributed by atoms with Crippen LogP contribution in [0.3, 0.4) is 0 Å². The van der Waals surface area contributed by atoms with Crippen LogP contribution in [0.15, 0.2) is 12.1 Å². The standard InChI is InChI=1S/C15H21NO2/c1-9(2)15(18)16-8-13(17)14-11(4)6-10(3)7-12(14)5/h6-7,9H,8H2,1-5H3,(H,16,18). The number of nitrogens with one attached hydrogen (secondary N) is 1. The van der Waals surface area contributed by atoms with E-state index >= 15 is 0 Å². The largest absolute Gasteiger partial charge is 0.348 e. The molecule has 0 saturated heterocycles. The van der Waals surface area contributed by atoms with E-state index in [0.717, 1.165) is 22.3 Å². The highest BCUT2D eigenvalue weighted by molar-refractivity contribution is 6.01. The first-order valence-electron chi connectivity index (χ1n) is 6.21. The molecule has 3 heteroatoms. The molecule has 0 unspecified atom stereocenters. The molecule has 0 aliphatic rings. The highest BCUT2D eigenvalue weighted by Gasteiger charge is 2.14. The number of amides is 1. The summed E-state index contributed by atoms with van der Waals surface area (Å²) >= 11 is 0. The van der Waals surface area contributed by atoms with Gasteiger partial charge >= 0.3 is 0 Å². The first-order valence-corrected chi connectivity index (χ1v) is 6.21. The Balaban J connectivity index is 2.83. The lowest BCUT2D eigenvalue weighted by Gasteiger charge is -2.12. The molecular weight excluding hydrogens is 226 g/mol. The van der Waals surface area contributed by atoms with Gasteiger partial charge in [-0.25, -0.2) is 0 Å². The van der Waals surface area contributed by atoms with Gasteiger partial charge in [0.1, 0.15) is 0 Å². The van der Waals surface area contributed by atoms with Gasteiger partial charge in [0.25, 0.3) is 0 Å². The van der Waals surface area contributed by atoms with Gasteiger partial charge in [0.15, 0.2) is 5.78 Å². The van der Waals surface area contributed by atoms with E-state index < -0.39 is 0 Å². The maximum absolute atomic E-state index is 12.1. The van der Waals surface area contributed by atoms with E-state index in [0.29, 0.717) is 0 Å². The van der Waals surface area contributed by atoms with Gasteiger partial charge in [0.2, 0.25) is 5.91 Å². The molecule has 3 nitrogen and oxygen atoms in total. The Kier molecular flexibility index (Phi) is 4.65. The van der Waals surface area contributed by atoms with E-state index in [1.54, 1.807) is 0 Å². The lowest BCUT2D eigenvalue weighted by Crippen LogP contribution is -2.33. The Bertz CT molecular complexity index is 452. The van der Waals surface area contributed by atoms with Crippen molar-refractivity contribution in [1.82, 2.24) is 5.32 Å². The third-order valence-corrected chi connectivity index (χ3v) is 2.90. The molecule has 0 heterocycles. The van der Waals surface area contributed by atoms with Crippen LogP contribution in [0.5, 0.6) is 0 Å². The molecule has 0 aromatic heterocycles. The molecule has 0 atom stereocenters. The zero-order valence-electron chi connectivity index (χ0n) is 11.8. The number of Topliss-reactive ketones (excluding diaryl/α,β-unsaturated/α-hetero) is 1. The van der Waals surface area contributed by atoms with Crippen LogP contribution in [-0.4, -0.2) is 18.2 Å². The number of aryl methyl sites for hydroxylation is 3. The fourth-order valence-electron chi connectivity index (χ4n) is 2.08. The number of carbonyl (C=O) groups is 2. The topological polar surface area (TPSA) is 46.2 Å². The van der Waals surface area contributed by atoms with Crippen LogP contribution in [0.25, 0.3) is 0 Å². The Morgan fingerprint density at radius 1 is 1.11 bits per heavy atom. The van der Waals surface area contributed by atoms with Crippen molar-refractivity contribution in [2.24, 2.45) is 5.92 Å². The van der Waals surface area contributed by atoms with Gasteiger partial charge < -0.3 is 5.32 Å². The average molecular weight is 247 g/mol. The van der Waals surface area contributed by atoms with Gasteiger partial charge in [-0.2, -0.15) is 0 Å². The molecule has 0 aliphatic heterocycles. The van der Waals surface area contributed by atoms with Crippen LogP contribution in [0.1, 0.15) is 40.9 Å². The van der Waals surface area contributed by atoms with Crippen LogP contribution < -0.4 is 5.32 Å². The van der Waals surface area contributed by atoms with Crippen molar-refractivity contribution < 1.29 is 9.59 Å². The van der Waals surface area contributed by atoms with Crippen molar-refractivity contribution in [2.45, 2.75) is 34.6 Å². The van der Waals surface area contributed by atoms with E-state index in [9.17, 15) is 9.59 Å². The molecule has 98 valence electrons. The second kappa shape index (κ2) is 5.80. The van der Waals surface area contributed by atoms with E-state index in [-0.39, 0.29) is 24.2 Å².